The van der Waals surface area contributed by atoms with Gasteiger partial charge in [-0.2, -0.15) is 0 Å². The van der Waals surface area contributed by atoms with Crippen LogP contribution in [0.25, 0.3) is 0 Å². The van der Waals surface area contributed by atoms with E-state index in [0.29, 0.717) is 23.4 Å². The molecule has 0 aromatic heterocycles. The van der Waals surface area contributed by atoms with Gasteiger partial charge < -0.3 is 10.2 Å². The smallest absolute Gasteiger partial charge is 0.179 e. The van der Waals surface area contributed by atoms with Gasteiger partial charge >= 0.3 is 0 Å². The molecule has 0 bridgehead atoms. The number of hydrogen-bond donors (Lipinski definition) is 1. The van der Waals surface area contributed by atoms with E-state index in [4.69, 9.17) is 0 Å². The molecule has 1 N–H and O–H groups in total. The van der Waals surface area contributed by atoms with Crippen molar-refractivity contribution in [3.05, 3.63) is 28.7 Å². The Balaban J connectivity index is 1.58. The fourth-order valence-electron chi connectivity index (χ4n) is 3.33. The van der Waals surface area contributed by atoms with E-state index in [9.17, 15) is 8.42 Å². The van der Waals surface area contributed by atoms with Crippen molar-refractivity contribution in [1.82, 2.24) is 10.2 Å². The lowest BCUT2D eigenvalue weighted by Crippen LogP contribution is -2.40. The van der Waals surface area contributed by atoms with E-state index in [-0.39, 0.29) is 5.75 Å². The van der Waals surface area contributed by atoms with Crippen LogP contribution in [-0.2, 0) is 9.84 Å². The second-order valence-corrected chi connectivity index (χ2v) is 9.02. The monoisotopic (exact) mass is 372 g/mol. The van der Waals surface area contributed by atoms with Crippen LogP contribution < -0.4 is 5.32 Å². The van der Waals surface area contributed by atoms with Crippen LogP contribution >= 0.6 is 15.9 Å². The Bertz CT molecular complexity index is 574. The largest absolute Gasteiger partial charge is 0.312 e. The summed E-state index contributed by atoms with van der Waals surface area (Å²) in [6, 6.07) is 7.46. The molecule has 2 aliphatic heterocycles. The molecule has 2 aliphatic rings. The Morgan fingerprint density at radius 3 is 2.71 bits per heavy atom. The minimum Gasteiger partial charge on any atom is -0.312 e. The van der Waals surface area contributed by atoms with E-state index in [1.807, 2.05) is 0 Å². The third-order valence-corrected chi connectivity index (χ3v) is 6.76. The van der Waals surface area contributed by atoms with Crippen LogP contribution in [0.4, 0.5) is 0 Å². The number of piperidine rings is 1. The van der Waals surface area contributed by atoms with Gasteiger partial charge in [0.2, 0.25) is 0 Å². The van der Waals surface area contributed by atoms with Crippen LogP contribution in [0.2, 0.25) is 0 Å². The topological polar surface area (TPSA) is 49.4 Å². The van der Waals surface area contributed by atoms with Crippen LogP contribution in [0.3, 0.4) is 0 Å². The van der Waals surface area contributed by atoms with Crippen molar-refractivity contribution in [2.24, 2.45) is 5.92 Å². The highest BCUT2D eigenvalue weighted by atomic mass is 79.9. The minimum atomic E-state index is -3.18. The molecule has 0 radical (unpaired) electrons. The zero-order valence-corrected chi connectivity index (χ0v) is 14.4. The highest BCUT2D eigenvalue weighted by Crippen LogP contribution is 2.25. The zero-order valence-electron chi connectivity index (χ0n) is 12.0. The molecule has 116 valence electrons. The van der Waals surface area contributed by atoms with E-state index in [1.54, 1.807) is 24.3 Å². The molecule has 0 amide bonds. The lowest BCUT2D eigenvalue weighted by atomic mass is 9.94. The molecule has 2 fully saturated rings. The molecular formula is C15H21BrN2O2S. The van der Waals surface area contributed by atoms with Gasteiger partial charge in [-0.1, -0.05) is 15.9 Å². The first-order valence-electron chi connectivity index (χ1n) is 7.49. The fourth-order valence-corrected chi connectivity index (χ4v) is 4.88. The Morgan fingerprint density at radius 1 is 1.24 bits per heavy atom. The van der Waals surface area contributed by atoms with Gasteiger partial charge in [0.05, 0.1) is 10.6 Å². The minimum absolute atomic E-state index is 0.202. The second-order valence-electron chi connectivity index (χ2n) is 6.00. The maximum Gasteiger partial charge on any atom is 0.179 e. The summed E-state index contributed by atoms with van der Waals surface area (Å²) in [7, 11) is -3.18. The van der Waals surface area contributed by atoms with Gasteiger partial charge in [0.25, 0.3) is 0 Å². The quantitative estimate of drug-likeness (QED) is 0.876. The van der Waals surface area contributed by atoms with Crippen LogP contribution in [-0.4, -0.2) is 51.3 Å². The van der Waals surface area contributed by atoms with Crippen molar-refractivity contribution in [3.8, 4) is 0 Å². The number of rotatable bonds is 4. The highest BCUT2D eigenvalue weighted by molar-refractivity contribution is 9.10. The SMILES string of the molecule is O=S(=O)(CCN1CC2CCCNC2C1)c1ccc(Br)cc1. The van der Waals surface area contributed by atoms with E-state index in [1.165, 1.54) is 12.8 Å². The molecule has 0 aliphatic carbocycles. The Kier molecular flexibility index (Phi) is 4.69. The molecule has 0 spiro atoms. The van der Waals surface area contributed by atoms with Crippen LogP contribution in [0.5, 0.6) is 0 Å². The molecule has 1 aromatic carbocycles. The molecule has 2 saturated heterocycles. The van der Waals surface area contributed by atoms with Crippen LogP contribution in [0.15, 0.2) is 33.6 Å². The summed E-state index contributed by atoms with van der Waals surface area (Å²) in [5.74, 6) is 0.905. The van der Waals surface area contributed by atoms with E-state index < -0.39 is 9.84 Å². The number of nitrogens with zero attached hydrogens (tertiary/aromatic N) is 1. The number of fused-ring (bicyclic) bond motifs is 1. The molecule has 1 aromatic rings. The van der Waals surface area contributed by atoms with E-state index >= 15 is 0 Å². The number of benzene rings is 1. The lowest BCUT2D eigenvalue weighted by molar-refractivity contribution is 0.331. The van der Waals surface area contributed by atoms with Gasteiger partial charge in [0, 0.05) is 30.1 Å². The summed E-state index contributed by atoms with van der Waals surface area (Å²) < 4.78 is 25.6. The van der Waals surface area contributed by atoms with Gasteiger partial charge in [-0.25, -0.2) is 8.42 Å². The van der Waals surface area contributed by atoms with E-state index in [0.717, 1.165) is 24.1 Å². The molecule has 4 nitrogen and oxygen atoms in total. The molecule has 2 heterocycles. The van der Waals surface area contributed by atoms with E-state index in [2.05, 4.69) is 26.1 Å². The molecule has 0 saturated carbocycles. The second kappa shape index (κ2) is 6.36. The molecule has 2 unspecified atom stereocenters. The first-order chi connectivity index (χ1) is 10.0. The van der Waals surface area contributed by atoms with Gasteiger partial charge in [0.1, 0.15) is 0 Å². The average molecular weight is 373 g/mol. The standard InChI is InChI=1S/C15H21BrN2O2S/c16-13-3-5-14(6-4-13)21(19,20)9-8-18-10-12-2-1-7-17-15(12)11-18/h3-6,12,15,17H,1-2,7-11H2. The number of halogens is 1. The van der Waals surface area contributed by atoms with Gasteiger partial charge in [0.15, 0.2) is 9.84 Å². The highest BCUT2D eigenvalue weighted by Gasteiger charge is 2.34. The van der Waals surface area contributed by atoms with Crippen molar-refractivity contribution in [1.29, 1.82) is 0 Å². The third-order valence-electron chi connectivity index (χ3n) is 4.52. The number of sulfone groups is 1. The summed E-state index contributed by atoms with van der Waals surface area (Å²) in [4.78, 5) is 2.71. The normalized spacial score (nSPS) is 26.7. The average Bonchev–Trinajstić information content (AvgIpc) is 2.89. The van der Waals surface area contributed by atoms with Gasteiger partial charge in [-0.15, -0.1) is 0 Å². The predicted molar refractivity (Wildman–Crippen MR) is 87.1 cm³/mol. The summed E-state index contributed by atoms with van der Waals surface area (Å²) in [6.45, 7) is 3.76. The number of hydrogen-bond acceptors (Lipinski definition) is 4. The molecule has 2 atom stereocenters. The Labute approximate surface area is 135 Å². The molecule has 3 rings (SSSR count). The van der Waals surface area contributed by atoms with Crippen molar-refractivity contribution in [2.45, 2.75) is 23.8 Å². The van der Waals surface area contributed by atoms with Crippen LogP contribution in [0.1, 0.15) is 12.8 Å². The number of likely N-dealkylation sites (tertiary alicyclic amines) is 1. The summed E-state index contributed by atoms with van der Waals surface area (Å²) >= 11 is 3.33. The van der Waals surface area contributed by atoms with Crippen molar-refractivity contribution in [3.63, 3.8) is 0 Å². The zero-order chi connectivity index (χ0) is 14.9. The first kappa shape index (κ1) is 15.5. The molecule has 6 heteroatoms. The van der Waals surface area contributed by atoms with Crippen LogP contribution in [0, 0.1) is 5.92 Å². The lowest BCUT2D eigenvalue weighted by Gasteiger charge is -2.24. The molecular weight excluding hydrogens is 352 g/mol. The van der Waals surface area contributed by atoms with Gasteiger partial charge in [-0.05, 0) is 49.6 Å². The first-order valence-corrected chi connectivity index (χ1v) is 9.93. The molecule has 21 heavy (non-hydrogen) atoms. The fraction of sp³-hybridized carbons (Fsp3) is 0.600. The number of nitrogens with one attached hydrogen (secondary N) is 1. The summed E-state index contributed by atoms with van der Waals surface area (Å²) in [5.41, 5.74) is 0. The van der Waals surface area contributed by atoms with Crippen molar-refractivity contribution < 1.29 is 8.42 Å². The Morgan fingerprint density at radius 2 is 2.00 bits per heavy atom. The predicted octanol–water partition coefficient (Wildman–Crippen LogP) is 1.91. The van der Waals surface area contributed by atoms with Crippen molar-refractivity contribution in [2.75, 3.05) is 31.9 Å². The summed E-state index contributed by atoms with van der Waals surface area (Å²) in [6.07, 6.45) is 2.51. The Hall–Kier alpha value is -0.430. The van der Waals surface area contributed by atoms with Crippen molar-refractivity contribution >= 4 is 25.8 Å². The van der Waals surface area contributed by atoms with Gasteiger partial charge in [-0.3, -0.25) is 0 Å². The maximum absolute atomic E-state index is 12.4. The maximum atomic E-state index is 12.4. The third kappa shape index (κ3) is 3.67. The summed E-state index contributed by atoms with van der Waals surface area (Å²) in [5, 5.41) is 3.55.